The summed E-state index contributed by atoms with van der Waals surface area (Å²) >= 11 is 1.47. The van der Waals surface area contributed by atoms with Crippen molar-refractivity contribution in [3.8, 4) is 0 Å². The van der Waals surface area contributed by atoms with Crippen molar-refractivity contribution in [3.63, 3.8) is 0 Å². The van der Waals surface area contributed by atoms with E-state index in [-0.39, 0.29) is 22.9 Å². The van der Waals surface area contributed by atoms with Crippen molar-refractivity contribution >= 4 is 32.9 Å². The Hall–Kier alpha value is -1.83. The molecule has 1 aromatic carbocycles. The molecule has 0 amide bonds. The predicted molar refractivity (Wildman–Crippen MR) is 111 cm³/mol. The van der Waals surface area contributed by atoms with Crippen molar-refractivity contribution in [1.29, 1.82) is 0 Å². The van der Waals surface area contributed by atoms with Crippen molar-refractivity contribution in [2.45, 2.75) is 51.3 Å². The van der Waals surface area contributed by atoms with Gasteiger partial charge in [-0.15, -0.1) is 11.3 Å². The molecule has 0 N–H and O–H groups in total. The molecule has 1 saturated heterocycles. The van der Waals surface area contributed by atoms with Crippen molar-refractivity contribution < 1.29 is 18.0 Å². The number of thiophene rings is 1. The first-order chi connectivity index (χ1) is 13.2. The SMILES string of the molecule is CC(=O)c1c(CC(=O)c2ccc(S(=O)(=O)N3CCCCC3)cc2)sc(C)c1C. The molecule has 0 unspecified atom stereocenters. The molecule has 1 aliphatic rings. The Kier molecular flexibility index (Phi) is 6.17. The summed E-state index contributed by atoms with van der Waals surface area (Å²) in [5.41, 5.74) is 2.03. The van der Waals surface area contributed by atoms with E-state index in [4.69, 9.17) is 0 Å². The minimum atomic E-state index is -3.50. The first-order valence-corrected chi connectivity index (χ1v) is 11.7. The fourth-order valence-electron chi connectivity index (χ4n) is 3.60. The molecule has 2 aromatic rings. The third-order valence-electron chi connectivity index (χ3n) is 5.26. The number of hydrogen-bond donors (Lipinski definition) is 0. The molecule has 0 spiro atoms. The van der Waals surface area contributed by atoms with Gasteiger partial charge in [-0.25, -0.2) is 8.42 Å². The van der Waals surface area contributed by atoms with E-state index in [9.17, 15) is 18.0 Å². The van der Waals surface area contributed by atoms with E-state index in [0.29, 0.717) is 24.2 Å². The van der Waals surface area contributed by atoms with E-state index >= 15 is 0 Å². The Morgan fingerprint density at radius 2 is 1.64 bits per heavy atom. The van der Waals surface area contributed by atoms with Gasteiger partial charge in [-0.05, 0) is 51.3 Å². The van der Waals surface area contributed by atoms with Crippen LogP contribution >= 0.6 is 11.3 Å². The van der Waals surface area contributed by atoms with E-state index in [1.807, 2.05) is 13.8 Å². The molecule has 150 valence electrons. The summed E-state index contributed by atoms with van der Waals surface area (Å²) in [5.74, 6) is -0.154. The van der Waals surface area contributed by atoms with Crippen molar-refractivity contribution in [2.24, 2.45) is 0 Å². The predicted octanol–water partition coefficient (Wildman–Crippen LogP) is 4.17. The smallest absolute Gasteiger partial charge is 0.243 e. The lowest BCUT2D eigenvalue weighted by Gasteiger charge is -2.25. The van der Waals surface area contributed by atoms with Crippen molar-refractivity contribution in [1.82, 2.24) is 4.31 Å². The summed E-state index contributed by atoms with van der Waals surface area (Å²) in [4.78, 5) is 26.7. The molecule has 7 heteroatoms. The van der Waals surface area contributed by atoms with Gasteiger partial charge in [0.1, 0.15) is 0 Å². The maximum atomic E-state index is 12.7. The molecule has 0 saturated carbocycles. The van der Waals surface area contributed by atoms with Gasteiger partial charge in [0.25, 0.3) is 0 Å². The summed E-state index contributed by atoms with van der Waals surface area (Å²) in [5, 5.41) is 0. The highest BCUT2D eigenvalue weighted by Crippen LogP contribution is 2.29. The second-order valence-corrected chi connectivity index (χ2v) is 10.5. The van der Waals surface area contributed by atoms with Crippen LogP contribution in [-0.2, 0) is 16.4 Å². The van der Waals surface area contributed by atoms with Crippen LogP contribution in [0, 0.1) is 13.8 Å². The van der Waals surface area contributed by atoms with Gasteiger partial charge in [0, 0.05) is 40.4 Å². The normalized spacial score (nSPS) is 15.5. The molecular formula is C21H25NO4S2. The number of rotatable bonds is 6. The average Bonchev–Trinajstić information content (AvgIpc) is 2.96. The highest BCUT2D eigenvalue weighted by molar-refractivity contribution is 7.89. The lowest BCUT2D eigenvalue weighted by Crippen LogP contribution is -2.35. The molecule has 28 heavy (non-hydrogen) atoms. The maximum Gasteiger partial charge on any atom is 0.243 e. The number of carbonyl (C=O) groups excluding carboxylic acids is 2. The zero-order valence-electron chi connectivity index (χ0n) is 16.4. The van der Waals surface area contributed by atoms with Crippen LogP contribution in [-0.4, -0.2) is 37.4 Å². The number of sulfonamides is 1. The number of piperidine rings is 1. The number of Topliss-reactive ketones (excluding diaryl/α,β-unsaturated/α-hetero) is 2. The molecule has 2 heterocycles. The Morgan fingerprint density at radius 1 is 1.04 bits per heavy atom. The summed E-state index contributed by atoms with van der Waals surface area (Å²) in [6.07, 6.45) is 2.97. The lowest BCUT2D eigenvalue weighted by molar-refractivity contribution is 0.0993. The van der Waals surface area contributed by atoms with Gasteiger partial charge in [0.2, 0.25) is 10.0 Å². The van der Waals surface area contributed by atoms with Gasteiger partial charge in [-0.2, -0.15) is 4.31 Å². The van der Waals surface area contributed by atoms with Gasteiger partial charge < -0.3 is 0 Å². The molecule has 1 aromatic heterocycles. The van der Waals surface area contributed by atoms with E-state index < -0.39 is 10.0 Å². The maximum absolute atomic E-state index is 12.7. The molecule has 1 fully saturated rings. The number of carbonyl (C=O) groups is 2. The molecule has 0 bridgehead atoms. The van der Waals surface area contributed by atoms with Crippen molar-refractivity contribution in [3.05, 3.63) is 50.7 Å². The average molecular weight is 420 g/mol. The third kappa shape index (κ3) is 4.11. The number of ketones is 2. The fraction of sp³-hybridized carbons (Fsp3) is 0.429. The molecule has 5 nitrogen and oxygen atoms in total. The highest BCUT2D eigenvalue weighted by Gasteiger charge is 2.26. The van der Waals surface area contributed by atoms with E-state index in [0.717, 1.165) is 34.6 Å². The summed E-state index contributed by atoms with van der Waals surface area (Å²) in [6.45, 7) is 6.46. The van der Waals surface area contributed by atoms with Gasteiger partial charge >= 0.3 is 0 Å². The summed E-state index contributed by atoms with van der Waals surface area (Å²) in [7, 11) is -3.50. The Morgan fingerprint density at radius 3 is 2.21 bits per heavy atom. The molecule has 0 atom stereocenters. The fourth-order valence-corrected chi connectivity index (χ4v) is 6.34. The second-order valence-electron chi connectivity index (χ2n) is 7.23. The molecule has 0 radical (unpaired) electrons. The van der Waals surface area contributed by atoms with Crippen LogP contribution in [0.1, 0.15) is 62.2 Å². The minimum absolute atomic E-state index is 0.0346. The van der Waals surface area contributed by atoms with Gasteiger partial charge in [-0.3, -0.25) is 9.59 Å². The Bertz CT molecular complexity index is 998. The van der Waals surface area contributed by atoms with E-state index in [2.05, 4.69) is 0 Å². The van der Waals surface area contributed by atoms with Gasteiger partial charge in [-0.1, -0.05) is 18.6 Å². The quantitative estimate of drug-likeness (QED) is 0.659. The van der Waals surface area contributed by atoms with E-state index in [1.54, 1.807) is 12.1 Å². The monoisotopic (exact) mass is 419 g/mol. The van der Waals surface area contributed by atoms with Crippen LogP contribution in [0.4, 0.5) is 0 Å². The van der Waals surface area contributed by atoms with Crippen molar-refractivity contribution in [2.75, 3.05) is 13.1 Å². The van der Waals surface area contributed by atoms with Gasteiger partial charge in [0.05, 0.1) is 4.90 Å². The topological polar surface area (TPSA) is 71.5 Å². The van der Waals surface area contributed by atoms with Gasteiger partial charge in [0.15, 0.2) is 11.6 Å². The lowest BCUT2D eigenvalue weighted by atomic mass is 10.0. The number of benzene rings is 1. The van der Waals surface area contributed by atoms with Crippen LogP contribution in [0.25, 0.3) is 0 Å². The Balaban J connectivity index is 1.79. The second kappa shape index (κ2) is 8.27. The van der Waals surface area contributed by atoms with Crippen LogP contribution in [0.15, 0.2) is 29.2 Å². The molecular weight excluding hydrogens is 394 g/mol. The number of aryl methyl sites for hydroxylation is 1. The first-order valence-electron chi connectivity index (χ1n) is 9.45. The zero-order valence-corrected chi connectivity index (χ0v) is 18.1. The largest absolute Gasteiger partial charge is 0.294 e. The Labute approximate surface area is 170 Å². The standard InChI is InChI=1S/C21H25NO4S2/c1-14-16(3)27-20(21(14)15(2)23)13-19(24)17-7-9-18(10-8-17)28(25,26)22-11-5-4-6-12-22/h7-10H,4-6,11-13H2,1-3H3. The van der Waals surface area contributed by atoms with Crippen LogP contribution < -0.4 is 0 Å². The highest BCUT2D eigenvalue weighted by atomic mass is 32.2. The van der Waals surface area contributed by atoms with Crippen LogP contribution in [0.2, 0.25) is 0 Å². The van der Waals surface area contributed by atoms with Crippen LogP contribution in [0.5, 0.6) is 0 Å². The zero-order chi connectivity index (χ0) is 20.5. The van der Waals surface area contributed by atoms with E-state index in [1.165, 1.54) is 34.7 Å². The van der Waals surface area contributed by atoms with Crippen LogP contribution in [0.3, 0.4) is 0 Å². The molecule has 0 aliphatic carbocycles. The number of hydrogen-bond acceptors (Lipinski definition) is 5. The first kappa shape index (κ1) is 20.9. The summed E-state index contributed by atoms with van der Waals surface area (Å²) < 4.78 is 27.0. The molecule has 3 rings (SSSR count). The summed E-state index contributed by atoms with van der Waals surface area (Å²) in [6, 6.07) is 6.15. The number of nitrogens with zero attached hydrogens (tertiary/aromatic N) is 1. The third-order valence-corrected chi connectivity index (χ3v) is 8.38. The minimum Gasteiger partial charge on any atom is -0.294 e. The molecule has 1 aliphatic heterocycles.